The molecule has 35 heavy (non-hydrogen) atoms. The van der Waals surface area contributed by atoms with Gasteiger partial charge in [-0.1, -0.05) is 137 Å². The van der Waals surface area contributed by atoms with Gasteiger partial charge in [-0.25, -0.2) is 0 Å². The number of nitrogens with two attached hydrogens (primary N) is 1. The molecule has 0 saturated carbocycles. The number of rotatable bonds is 26. The van der Waals surface area contributed by atoms with Crippen molar-refractivity contribution in [1.82, 2.24) is 10.6 Å². The van der Waals surface area contributed by atoms with Crippen molar-refractivity contribution >= 4 is 11.8 Å². The van der Waals surface area contributed by atoms with Crippen molar-refractivity contribution < 1.29 is 9.59 Å². The standard InChI is InChI=1S/C29H59N3O2.CH4/c1-3-5-7-9-11-13-15-17-19-21-25-31-28(33)24-23-27(30)29(34)32-26-22-20-18-16-14-12-10-8-6-4-2;/h27H,3-26,30H2,1-2H3,(H,31,33)(H,32,34);1H4. The van der Waals surface area contributed by atoms with E-state index in [0.29, 0.717) is 19.4 Å². The van der Waals surface area contributed by atoms with Gasteiger partial charge in [0.25, 0.3) is 0 Å². The Kier molecular flexibility index (Phi) is 30.0. The average Bonchev–Trinajstić information content (AvgIpc) is 2.84. The Labute approximate surface area is 219 Å². The van der Waals surface area contributed by atoms with Gasteiger partial charge in [0.05, 0.1) is 6.04 Å². The van der Waals surface area contributed by atoms with Gasteiger partial charge in [-0.3, -0.25) is 9.59 Å². The Morgan fingerprint density at radius 3 is 1.31 bits per heavy atom. The van der Waals surface area contributed by atoms with E-state index in [0.717, 1.165) is 25.8 Å². The first-order valence-corrected chi connectivity index (χ1v) is 14.9. The Morgan fingerprint density at radius 1 is 0.571 bits per heavy atom. The second kappa shape index (κ2) is 29.1. The van der Waals surface area contributed by atoms with Crippen LogP contribution in [0.15, 0.2) is 0 Å². The molecule has 1 unspecified atom stereocenters. The van der Waals surface area contributed by atoms with Crippen LogP contribution in [0.2, 0.25) is 0 Å². The van der Waals surface area contributed by atoms with Crippen LogP contribution in [0.1, 0.15) is 163 Å². The van der Waals surface area contributed by atoms with E-state index < -0.39 is 6.04 Å². The summed E-state index contributed by atoms with van der Waals surface area (Å²) in [6.45, 7) is 5.93. The smallest absolute Gasteiger partial charge is 0.236 e. The van der Waals surface area contributed by atoms with E-state index >= 15 is 0 Å². The topological polar surface area (TPSA) is 84.2 Å². The summed E-state index contributed by atoms with van der Waals surface area (Å²) in [6, 6.07) is -0.591. The highest BCUT2D eigenvalue weighted by Gasteiger charge is 2.14. The lowest BCUT2D eigenvalue weighted by Gasteiger charge is -2.12. The van der Waals surface area contributed by atoms with Crippen molar-refractivity contribution in [1.29, 1.82) is 0 Å². The van der Waals surface area contributed by atoms with Crippen LogP contribution in [0.3, 0.4) is 0 Å². The number of hydrogen-bond donors (Lipinski definition) is 3. The summed E-state index contributed by atoms with van der Waals surface area (Å²) in [4.78, 5) is 24.1. The van der Waals surface area contributed by atoms with Gasteiger partial charge in [0, 0.05) is 19.5 Å². The summed E-state index contributed by atoms with van der Waals surface area (Å²) in [5, 5.41) is 5.89. The van der Waals surface area contributed by atoms with Gasteiger partial charge < -0.3 is 16.4 Å². The quantitative estimate of drug-likeness (QED) is 0.107. The molecule has 0 radical (unpaired) electrons. The molecule has 5 nitrogen and oxygen atoms in total. The Hall–Kier alpha value is -1.10. The summed E-state index contributed by atoms with van der Waals surface area (Å²) in [6.07, 6.45) is 26.5. The van der Waals surface area contributed by atoms with Crippen LogP contribution < -0.4 is 16.4 Å². The van der Waals surface area contributed by atoms with Crippen LogP contribution >= 0.6 is 0 Å². The molecule has 210 valence electrons. The number of carbonyl (C=O) groups is 2. The van der Waals surface area contributed by atoms with Crippen molar-refractivity contribution in [2.75, 3.05) is 13.1 Å². The Morgan fingerprint density at radius 2 is 0.914 bits per heavy atom. The van der Waals surface area contributed by atoms with E-state index in [1.54, 1.807) is 0 Å². The number of unbranched alkanes of at least 4 members (excludes halogenated alkanes) is 18. The summed E-state index contributed by atoms with van der Waals surface area (Å²) >= 11 is 0. The van der Waals surface area contributed by atoms with E-state index in [2.05, 4.69) is 24.5 Å². The Bertz CT molecular complexity index is 457. The molecule has 0 rings (SSSR count). The predicted octanol–water partition coefficient (Wildman–Crippen LogP) is 7.80. The van der Waals surface area contributed by atoms with Gasteiger partial charge in [-0.2, -0.15) is 0 Å². The molecule has 0 saturated heterocycles. The molecule has 0 aromatic rings. The molecule has 0 aliphatic rings. The maximum atomic E-state index is 12.1. The van der Waals surface area contributed by atoms with Gasteiger partial charge in [0.15, 0.2) is 0 Å². The molecule has 0 bridgehead atoms. The first-order valence-electron chi connectivity index (χ1n) is 14.9. The fourth-order valence-electron chi connectivity index (χ4n) is 4.30. The molecule has 0 aromatic heterocycles. The minimum Gasteiger partial charge on any atom is -0.356 e. The first-order chi connectivity index (χ1) is 16.6. The summed E-state index contributed by atoms with van der Waals surface area (Å²) in [5.41, 5.74) is 5.96. The zero-order valence-corrected chi connectivity index (χ0v) is 22.9. The van der Waals surface area contributed by atoms with Crippen LogP contribution in [0, 0.1) is 0 Å². The maximum absolute atomic E-state index is 12.1. The normalized spacial score (nSPS) is 11.6. The summed E-state index contributed by atoms with van der Waals surface area (Å²) in [7, 11) is 0. The van der Waals surface area contributed by atoms with Crippen LogP contribution in [0.25, 0.3) is 0 Å². The molecule has 0 aromatic carbocycles. The fourth-order valence-corrected chi connectivity index (χ4v) is 4.30. The summed E-state index contributed by atoms with van der Waals surface area (Å²) in [5.74, 6) is -0.118. The van der Waals surface area contributed by atoms with E-state index in [4.69, 9.17) is 5.73 Å². The molecule has 2 amide bonds. The number of amides is 2. The van der Waals surface area contributed by atoms with Gasteiger partial charge in [0.2, 0.25) is 11.8 Å². The van der Waals surface area contributed by atoms with Crippen LogP contribution in [0.5, 0.6) is 0 Å². The van der Waals surface area contributed by atoms with Gasteiger partial charge in [-0.15, -0.1) is 0 Å². The molecule has 5 heteroatoms. The third kappa shape index (κ3) is 27.3. The van der Waals surface area contributed by atoms with Crippen LogP contribution in [-0.4, -0.2) is 30.9 Å². The van der Waals surface area contributed by atoms with E-state index in [1.807, 2.05) is 0 Å². The van der Waals surface area contributed by atoms with E-state index in [1.165, 1.54) is 109 Å². The van der Waals surface area contributed by atoms with Crippen molar-refractivity contribution in [3.8, 4) is 0 Å². The molecule has 0 spiro atoms. The van der Waals surface area contributed by atoms with Gasteiger partial charge in [0.1, 0.15) is 0 Å². The highest BCUT2D eigenvalue weighted by molar-refractivity contribution is 5.82. The third-order valence-electron chi connectivity index (χ3n) is 6.70. The van der Waals surface area contributed by atoms with Crippen LogP contribution in [-0.2, 0) is 9.59 Å². The third-order valence-corrected chi connectivity index (χ3v) is 6.70. The highest BCUT2D eigenvalue weighted by Crippen LogP contribution is 2.11. The Balaban J connectivity index is 0. The molecule has 0 heterocycles. The maximum Gasteiger partial charge on any atom is 0.236 e. The van der Waals surface area contributed by atoms with Crippen LogP contribution in [0.4, 0.5) is 0 Å². The zero-order chi connectivity index (χ0) is 25.1. The molecule has 0 fully saturated rings. The molecule has 0 aliphatic carbocycles. The SMILES string of the molecule is C.CCCCCCCCCCCCNC(=O)CCC(N)C(=O)NCCCCCCCCCCCC. The predicted molar refractivity (Wildman–Crippen MR) is 154 cm³/mol. The molecular formula is C30H63N3O2. The number of carbonyl (C=O) groups excluding carboxylic acids is 2. The van der Waals surface area contributed by atoms with Gasteiger partial charge in [-0.05, 0) is 19.3 Å². The molecule has 4 N–H and O–H groups in total. The largest absolute Gasteiger partial charge is 0.356 e. The lowest BCUT2D eigenvalue weighted by atomic mass is 10.1. The summed E-state index contributed by atoms with van der Waals surface area (Å²) < 4.78 is 0. The van der Waals surface area contributed by atoms with E-state index in [9.17, 15) is 9.59 Å². The van der Waals surface area contributed by atoms with Crippen molar-refractivity contribution in [3.63, 3.8) is 0 Å². The lowest BCUT2D eigenvalue weighted by molar-refractivity contribution is -0.123. The minimum absolute atomic E-state index is 0. The number of nitrogens with one attached hydrogen (secondary N) is 2. The lowest BCUT2D eigenvalue weighted by Crippen LogP contribution is -2.41. The molecule has 0 aliphatic heterocycles. The molecule has 1 atom stereocenters. The zero-order valence-electron chi connectivity index (χ0n) is 22.9. The number of hydrogen-bond acceptors (Lipinski definition) is 3. The fraction of sp³-hybridized carbons (Fsp3) is 0.933. The highest BCUT2D eigenvalue weighted by atomic mass is 16.2. The second-order valence-corrected chi connectivity index (χ2v) is 10.2. The molecular weight excluding hydrogens is 434 g/mol. The average molecular weight is 498 g/mol. The first kappa shape index (κ1) is 36.1. The van der Waals surface area contributed by atoms with Crippen molar-refractivity contribution in [2.45, 2.75) is 169 Å². The second-order valence-electron chi connectivity index (χ2n) is 10.2. The van der Waals surface area contributed by atoms with Gasteiger partial charge >= 0.3 is 0 Å². The minimum atomic E-state index is -0.591. The van der Waals surface area contributed by atoms with Crippen molar-refractivity contribution in [3.05, 3.63) is 0 Å². The van der Waals surface area contributed by atoms with Crippen molar-refractivity contribution in [2.24, 2.45) is 5.73 Å². The van der Waals surface area contributed by atoms with E-state index in [-0.39, 0.29) is 19.2 Å². The monoisotopic (exact) mass is 497 g/mol.